The number of benzene rings is 2. The fourth-order valence-electron chi connectivity index (χ4n) is 2.35. The molecule has 0 saturated heterocycles. The van der Waals surface area contributed by atoms with E-state index in [0.29, 0.717) is 27.9 Å². The number of hydrogen-bond acceptors (Lipinski definition) is 6. The largest absolute Gasteiger partial charge is 0.496 e. The van der Waals surface area contributed by atoms with Crippen LogP contribution in [-0.4, -0.2) is 35.7 Å². The fourth-order valence-corrected chi connectivity index (χ4v) is 3.07. The van der Waals surface area contributed by atoms with Crippen molar-refractivity contribution >= 4 is 28.3 Å². The molecule has 3 aromatic rings. The summed E-state index contributed by atoms with van der Waals surface area (Å²) in [7, 11) is 1.51. The van der Waals surface area contributed by atoms with Crippen LogP contribution in [0.3, 0.4) is 0 Å². The summed E-state index contributed by atoms with van der Waals surface area (Å²) in [6.07, 6.45) is 0. The molecule has 0 bridgehead atoms. The van der Waals surface area contributed by atoms with Crippen LogP contribution in [0, 0.1) is 0 Å². The molecule has 0 saturated carbocycles. The Balaban J connectivity index is 1.74. The zero-order valence-corrected chi connectivity index (χ0v) is 15.2. The Morgan fingerprint density at radius 1 is 1.19 bits per heavy atom. The summed E-state index contributed by atoms with van der Waals surface area (Å²) >= 11 is 1.29. The minimum Gasteiger partial charge on any atom is -0.496 e. The molecule has 0 fully saturated rings. The average molecular weight is 384 g/mol. The van der Waals surface area contributed by atoms with E-state index < -0.39 is 12.6 Å². The van der Waals surface area contributed by atoms with Gasteiger partial charge in [0.05, 0.1) is 18.4 Å². The Kier molecular flexibility index (Phi) is 5.68. The van der Waals surface area contributed by atoms with E-state index >= 15 is 0 Å². The van der Waals surface area contributed by atoms with Gasteiger partial charge in [-0.05, 0) is 24.3 Å². The van der Waals surface area contributed by atoms with Crippen molar-refractivity contribution in [2.24, 2.45) is 0 Å². The van der Waals surface area contributed by atoms with Crippen molar-refractivity contribution in [1.29, 1.82) is 0 Å². The van der Waals surface area contributed by atoms with Gasteiger partial charge in [-0.3, -0.25) is 10.1 Å². The predicted octanol–water partition coefficient (Wildman–Crippen LogP) is 3.53. The van der Waals surface area contributed by atoms with Crippen molar-refractivity contribution in [2.75, 3.05) is 19.0 Å². The minimum atomic E-state index is -1.05. The van der Waals surface area contributed by atoms with E-state index in [2.05, 4.69) is 10.3 Å². The molecule has 27 heavy (non-hydrogen) atoms. The van der Waals surface area contributed by atoms with E-state index in [1.807, 2.05) is 6.07 Å². The summed E-state index contributed by atoms with van der Waals surface area (Å²) in [6, 6.07) is 13.9. The maximum atomic E-state index is 12.4. The lowest BCUT2D eigenvalue weighted by Crippen LogP contribution is -2.12. The molecule has 8 heteroatoms. The monoisotopic (exact) mass is 384 g/mol. The van der Waals surface area contributed by atoms with Gasteiger partial charge < -0.3 is 14.6 Å². The third kappa shape index (κ3) is 4.62. The van der Waals surface area contributed by atoms with Crippen LogP contribution in [0.25, 0.3) is 11.3 Å². The second-order valence-electron chi connectivity index (χ2n) is 5.40. The van der Waals surface area contributed by atoms with Gasteiger partial charge >= 0.3 is 5.97 Å². The molecule has 1 heterocycles. The van der Waals surface area contributed by atoms with Gasteiger partial charge in [0.25, 0.3) is 5.91 Å². The van der Waals surface area contributed by atoms with Crippen LogP contribution in [0.5, 0.6) is 11.5 Å². The third-order valence-corrected chi connectivity index (χ3v) is 4.33. The molecule has 0 aliphatic carbocycles. The highest BCUT2D eigenvalue weighted by molar-refractivity contribution is 7.14. The van der Waals surface area contributed by atoms with Gasteiger partial charge in [0.15, 0.2) is 11.7 Å². The molecular formula is C19H16N2O5S. The molecule has 0 atom stereocenters. The summed E-state index contributed by atoms with van der Waals surface area (Å²) in [5.41, 5.74) is 1.82. The van der Waals surface area contributed by atoms with Crippen LogP contribution in [0.4, 0.5) is 5.13 Å². The van der Waals surface area contributed by atoms with E-state index in [0.717, 1.165) is 5.56 Å². The number of methoxy groups -OCH3 is 1. The molecule has 7 nitrogen and oxygen atoms in total. The molecule has 0 radical (unpaired) electrons. The molecule has 2 N–H and O–H groups in total. The molecule has 0 unspecified atom stereocenters. The first-order valence-corrected chi connectivity index (χ1v) is 8.79. The molecule has 0 spiro atoms. The summed E-state index contributed by atoms with van der Waals surface area (Å²) in [5, 5.41) is 13.7. The molecule has 0 aliphatic heterocycles. The molecule has 0 aliphatic rings. The highest BCUT2D eigenvalue weighted by Crippen LogP contribution is 2.28. The van der Waals surface area contributed by atoms with Crippen LogP contribution in [-0.2, 0) is 4.79 Å². The highest BCUT2D eigenvalue weighted by atomic mass is 32.1. The lowest BCUT2D eigenvalue weighted by molar-refractivity contribution is -0.139. The Labute approximate surface area is 159 Å². The van der Waals surface area contributed by atoms with Crippen molar-refractivity contribution in [3.05, 3.63) is 59.5 Å². The van der Waals surface area contributed by atoms with E-state index in [1.165, 1.54) is 18.4 Å². The second-order valence-corrected chi connectivity index (χ2v) is 6.26. The number of thiazole rings is 1. The Morgan fingerprint density at radius 2 is 2.00 bits per heavy atom. The number of carbonyl (C=O) groups excluding carboxylic acids is 1. The molecule has 1 aromatic heterocycles. The molecule has 2 aromatic carbocycles. The highest BCUT2D eigenvalue weighted by Gasteiger charge is 2.14. The number of nitrogens with one attached hydrogen (secondary N) is 1. The number of para-hydroxylation sites is 1. The zero-order valence-electron chi connectivity index (χ0n) is 14.3. The van der Waals surface area contributed by atoms with Crippen LogP contribution >= 0.6 is 11.3 Å². The van der Waals surface area contributed by atoms with E-state index in [-0.39, 0.29) is 5.91 Å². The number of ether oxygens (including phenoxy) is 2. The summed E-state index contributed by atoms with van der Waals surface area (Å²) in [5.74, 6) is -0.445. The first-order chi connectivity index (χ1) is 13.1. The van der Waals surface area contributed by atoms with E-state index in [4.69, 9.17) is 14.6 Å². The lowest BCUT2D eigenvalue weighted by Gasteiger charge is -2.07. The number of carboxylic acids is 1. The normalized spacial score (nSPS) is 10.3. The lowest BCUT2D eigenvalue weighted by atomic mass is 10.2. The standard InChI is InChI=1S/C19H16N2O5S/c1-25-16-8-3-2-7-14(16)18(24)21-19-20-15(11-27-19)12-5-4-6-13(9-12)26-10-17(22)23/h2-9,11H,10H2,1H3,(H,22,23)(H,20,21,24). The molecular weight excluding hydrogens is 368 g/mol. The van der Waals surface area contributed by atoms with Crippen LogP contribution < -0.4 is 14.8 Å². The number of hydrogen-bond donors (Lipinski definition) is 2. The summed E-state index contributed by atoms with van der Waals surface area (Å²) in [4.78, 5) is 27.5. The van der Waals surface area contributed by atoms with Crippen LogP contribution in [0.15, 0.2) is 53.9 Å². The van der Waals surface area contributed by atoms with Crippen LogP contribution in [0.2, 0.25) is 0 Å². The maximum absolute atomic E-state index is 12.4. The van der Waals surface area contributed by atoms with Gasteiger partial charge in [-0.25, -0.2) is 9.78 Å². The van der Waals surface area contributed by atoms with Gasteiger partial charge in [-0.2, -0.15) is 0 Å². The Bertz CT molecular complexity index is 970. The van der Waals surface area contributed by atoms with Gasteiger partial charge in [0.2, 0.25) is 0 Å². The number of anilines is 1. The quantitative estimate of drug-likeness (QED) is 0.647. The average Bonchev–Trinajstić information content (AvgIpc) is 3.15. The summed E-state index contributed by atoms with van der Waals surface area (Å²) < 4.78 is 10.4. The predicted molar refractivity (Wildman–Crippen MR) is 102 cm³/mol. The Hall–Kier alpha value is -3.39. The number of amides is 1. The SMILES string of the molecule is COc1ccccc1C(=O)Nc1nc(-c2cccc(OCC(=O)O)c2)cs1. The van der Waals surface area contributed by atoms with Crippen molar-refractivity contribution in [1.82, 2.24) is 4.98 Å². The molecule has 1 amide bonds. The van der Waals surface area contributed by atoms with Gasteiger partial charge in [-0.15, -0.1) is 11.3 Å². The number of carbonyl (C=O) groups is 2. The first kappa shape index (κ1) is 18.4. The van der Waals surface area contributed by atoms with Crippen molar-refractivity contribution in [2.45, 2.75) is 0 Å². The topological polar surface area (TPSA) is 97.8 Å². The maximum Gasteiger partial charge on any atom is 0.341 e. The Morgan fingerprint density at radius 3 is 2.78 bits per heavy atom. The number of nitrogens with zero attached hydrogens (tertiary/aromatic N) is 1. The smallest absolute Gasteiger partial charge is 0.341 e. The number of rotatable bonds is 7. The van der Waals surface area contributed by atoms with Gasteiger partial charge in [-0.1, -0.05) is 24.3 Å². The second kappa shape index (κ2) is 8.33. The van der Waals surface area contributed by atoms with Gasteiger partial charge in [0, 0.05) is 10.9 Å². The first-order valence-electron chi connectivity index (χ1n) is 7.92. The third-order valence-electron chi connectivity index (χ3n) is 3.57. The zero-order chi connectivity index (χ0) is 19.2. The molecule has 138 valence electrons. The van der Waals surface area contributed by atoms with E-state index in [1.54, 1.807) is 47.8 Å². The van der Waals surface area contributed by atoms with Crippen molar-refractivity contribution < 1.29 is 24.2 Å². The van der Waals surface area contributed by atoms with Crippen molar-refractivity contribution in [3.63, 3.8) is 0 Å². The number of aliphatic carboxylic acids is 1. The number of aromatic nitrogens is 1. The van der Waals surface area contributed by atoms with Crippen molar-refractivity contribution in [3.8, 4) is 22.8 Å². The van der Waals surface area contributed by atoms with Crippen LogP contribution in [0.1, 0.15) is 10.4 Å². The number of carboxylic acid groups (broad SMARTS) is 1. The minimum absolute atomic E-state index is 0.313. The fraction of sp³-hybridized carbons (Fsp3) is 0.105. The molecule has 3 rings (SSSR count). The summed E-state index contributed by atoms with van der Waals surface area (Å²) in [6.45, 7) is -0.416. The van der Waals surface area contributed by atoms with E-state index in [9.17, 15) is 9.59 Å². The van der Waals surface area contributed by atoms with Gasteiger partial charge in [0.1, 0.15) is 11.5 Å².